The van der Waals surface area contributed by atoms with E-state index in [1.807, 2.05) is 37.3 Å². The Morgan fingerprint density at radius 3 is 2.37 bits per heavy atom. The molecular weight excluding hydrogens is 706 g/mol. The molecule has 0 radical (unpaired) electrons. The van der Waals surface area contributed by atoms with E-state index in [1.165, 1.54) is 11.1 Å². The third-order valence-corrected chi connectivity index (χ3v) is 14.5. The van der Waals surface area contributed by atoms with Crippen LogP contribution in [0.4, 0.5) is 0 Å². The number of benzene rings is 1. The molecule has 1 fully saturated rings. The van der Waals surface area contributed by atoms with Crippen LogP contribution in [-0.2, 0) is 28.3 Å². The highest BCUT2D eigenvalue weighted by atomic mass is 79.9. The van der Waals surface area contributed by atoms with Gasteiger partial charge in [0.2, 0.25) is 5.91 Å². The van der Waals surface area contributed by atoms with Crippen molar-refractivity contribution in [2.24, 2.45) is 11.3 Å². The first-order valence-electron chi connectivity index (χ1n) is 16.9. The fourth-order valence-corrected chi connectivity index (χ4v) is 6.39. The monoisotopic (exact) mass is 759 g/mol. The van der Waals surface area contributed by atoms with E-state index in [1.54, 1.807) is 27.7 Å². The summed E-state index contributed by atoms with van der Waals surface area (Å²) in [5, 5.41) is 8.04. The highest BCUT2D eigenvalue weighted by Gasteiger charge is 2.43. The molecule has 1 aliphatic heterocycles. The second-order valence-electron chi connectivity index (χ2n) is 15.1. The van der Waals surface area contributed by atoms with E-state index in [-0.39, 0.29) is 29.5 Å². The molecule has 11 nitrogen and oxygen atoms in total. The fourth-order valence-electron chi connectivity index (χ4n) is 4.95. The highest BCUT2D eigenvalue weighted by Crippen LogP contribution is 2.38. The van der Waals surface area contributed by atoms with E-state index in [9.17, 15) is 19.2 Å². The molecule has 0 saturated carbocycles. The zero-order chi connectivity index (χ0) is 36.9. The summed E-state index contributed by atoms with van der Waals surface area (Å²) in [5.41, 5.74) is 3.40. The molecule has 5 atom stereocenters. The molecule has 49 heavy (non-hydrogen) atoms. The van der Waals surface area contributed by atoms with Gasteiger partial charge in [-0.05, 0) is 75.9 Å². The number of pyridine rings is 1. The van der Waals surface area contributed by atoms with Crippen LogP contribution in [0, 0.1) is 11.3 Å². The third kappa shape index (κ3) is 10.2. The molecule has 3 amide bonds. The molecule has 1 aliphatic rings. The molecule has 1 aromatic heterocycles. The maximum absolute atomic E-state index is 13.4. The Labute approximate surface area is 300 Å². The molecule has 2 aromatic rings. The minimum atomic E-state index is -2.17. The van der Waals surface area contributed by atoms with Crippen molar-refractivity contribution in [2.75, 3.05) is 13.2 Å². The topological polar surface area (TPSA) is 139 Å². The number of carbonyl (C=O) groups is 4. The number of aromatic nitrogens is 1. The van der Waals surface area contributed by atoms with E-state index < -0.39 is 49.7 Å². The SMILES string of the molecule is C=CC(C)(CO[Si](C)(C)C(C)(C)C)C(=O)O[C@H](C(=O)N[C@@H](C)C(=O)N1CCC[C@@H](C(=O)N[C@H](C)c2ccc3ccc(Br)cc3n2)N1)C(C)C. The first-order chi connectivity index (χ1) is 22.7. The normalized spacial score (nSPS) is 18.6. The van der Waals surface area contributed by atoms with Crippen molar-refractivity contribution in [1.82, 2.24) is 26.1 Å². The van der Waals surface area contributed by atoms with Gasteiger partial charge in [-0.2, -0.15) is 0 Å². The number of halogens is 1. The lowest BCUT2D eigenvalue weighted by atomic mass is 9.92. The van der Waals surface area contributed by atoms with Crippen LogP contribution in [0.1, 0.15) is 80.0 Å². The summed E-state index contributed by atoms with van der Waals surface area (Å²) in [4.78, 5) is 58.2. The van der Waals surface area contributed by atoms with Gasteiger partial charge in [0, 0.05) is 16.4 Å². The fraction of sp³-hybridized carbons (Fsp3) is 0.583. The van der Waals surface area contributed by atoms with Gasteiger partial charge < -0.3 is 19.8 Å². The predicted molar refractivity (Wildman–Crippen MR) is 198 cm³/mol. The zero-order valence-electron chi connectivity index (χ0n) is 30.6. The number of esters is 1. The maximum atomic E-state index is 13.4. The number of fused-ring (bicyclic) bond motifs is 1. The summed E-state index contributed by atoms with van der Waals surface area (Å²) >= 11 is 3.47. The van der Waals surface area contributed by atoms with Gasteiger partial charge in [-0.15, -0.1) is 6.58 Å². The molecule has 1 saturated heterocycles. The zero-order valence-corrected chi connectivity index (χ0v) is 33.2. The summed E-state index contributed by atoms with van der Waals surface area (Å²) in [6, 6.07) is 7.75. The molecule has 0 spiro atoms. The van der Waals surface area contributed by atoms with Gasteiger partial charge in [0.1, 0.15) is 17.5 Å². The van der Waals surface area contributed by atoms with Crippen LogP contribution in [-0.4, -0.2) is 73.3 Å². The number of rotatable bonds is 13. The summed E-state index contributed by atoms with van der Waals surface area (Å²) in [5.74, 6) is -2.25. The molecule has 1 aromatic carbocycles. The van der Waals surface area contributed by atoms with E-state index in [2.05, 4.69) is 72.4 Å². The maximum Gasteiger partial charge on any atom is 0.318 e. The Bertz CT molecular complexity index is 1550. The minimum absolute atomic E-state index is 0.0547. The van der Waals surface area contributed by atoms with E-state index in [0.29, 0.717) is 19.4 Å². The Morgan fingerprint density at radius 1 is 1.10 bits per heavy atom. The van der Waals surface area contributed by atoms with E-state index in [4.69, 9.17) is 14.1 Å². The smallest absolute Gasteiger partial charge is 0.318 e. The predicted octanol–water partition coefficient (Wildman–Crippen LogP) is 5.96. The quantitative estimate of drug-likeness (QED) is 0.129. The summed E-state index contributed by atoms with van der Waals surface area (Å²) in [7, 11) is -2.17. The average Bonchev–Trinajstić information content (AvgIpc) is 3.04. The van der Waals surface area contributed by atoms with Crippen LogP contribution in [0.25, 0.3) is 10.9 Å². The summed E-state index contributed by atoms with van der Waals surface area (Å²) < 4.78 is 13.0. The van der Waals surface area contributed by atoms with Crippen LogP contribution < -0.4 is 16.1 Å². The molecular formula is C36H54BrN5O6Si. The van der Waals surface area contributed by atoms with Gasteiger partial charge in [0.05, 0.1) is 23.9 Å². The largest absolute Gasteiger partial charge is 0.451 e. The molecule has 3 N–H and O–H groups in total. The molecule has 2 heterocycles. The first kappa shape index (κ1) is 40.3. The van der Waals surface area contributed by atoms with E-state index >= 15 is 0 Å². The van der Waals surface area contributed by atoms with Crippen molar-refractivity contribution in [3.05, 3.63) is 53.2 Å². The second kappa shape index (κ2) is 16.3. The average molecular weight is 761 g/mol. The van der Waals surface area contributed by atoms with Gasteiger partial charge in [0.25, 0.3) is 11.8 Å². The Balaban J connectivity index is 1.60. The number of ether oxygens (including phenoxy) is 1. The molecule has 1 unspecified atom stereocenters. The lowest BCUT2D eigenvalue weighted by Gasteiger charge is -2.39. The van der Waals surface area contributed by atoms with Crippen LogP contribution in [0.3, 0.4) is 0 Å². The lowest BCUT2D eigenvalue weighted by Crippen LogP contribution is -2.61. The number of nitrogens with zero attached hydrogens (tertiary/aromatic N) is 2. The van der Waals surface area contributed by atoms with Crippen molar-refractivity contribution < 1.29 is 28.3 Å². The summed E-state index contributed by atoms with van der Waals surface area (Å²) in [6.07, 6.45) is 1.48. The third-order valence-electron chi connectivity index (χ3n) is 9.53. The van der Waals surface area contributed by atoms with Crippen LogP contribution in [0.5, 0.6) is 0 Å². The summed E-state index contributed by atoms with van der Waals surface area (Å²) in [6.45, 7) is 23.5. The molecule has 13 heteroatoms. The number of hydrazine groups is 1. The van der Waals surface area contributed by atoms with Gasteiger partial charge >= 0.3 is 5.97 Å². The van der Waals surface area contributed by atoms with Crippen molar-refractivity contribution in [2.45, 2.75) is 111 Å². The number of hydrogen-bond donors (Lipinski definition) is 3. The Hall–Kier alpha value is -3.13. The van der Waals surface area contributed by atoms with Crippen molar-refractivity contribution >= 4 is 58.8 Å². The molecule has 0 aliphatic carbocycles. The first-order valence-corrected chi connectivity index (χ1v) is 20.6. The van der Waals surface area contributed by atoms with Crippen LogP contribution >= 0.6 is 15.9 Å². The standard InChI is InChI=1S/C36H54BrN5O6Si/c1-12-36(9,21-47-49(10,11)35(6,7)8)34(46)48-30(22(2)3)32(44)39-24(5)33(45)42-19-13-14-28(41-42)31(43)38-23(4)27-18-16-25-15-17-26(37)20-29(25)40-27/h12,15-18,20,22-24,28,30,41H,1,13-14,19,21H2,2-11H3,(H,38,43)(H,39,44)/t23-,24+,28+,30+,36?/m1/s1. The Kier molecular flexibility index (Phi) is 13.4. The lowest BCUT2D eigenvalue weighted by molar-refractivity contribution is -0.167. The van der Waals surface area contributed by atoms with Crippen LogP contribution in [0.2, 0.25) is 18.1 Å². The van der Waals surface area contributed by atoms with Gasteiger partial charge in [0.15, 0.2) is 14.4 Å². The van der Waals surface area contributed by atoms with Crippen LogP contribution in [0.15, 0.2) is 47.5 Å². The molecule has 3 rings (SSSR count). The van der Waals surface area contributed by atoms with Crippen molar-refractivity contribution in [3.8, 4) is 0 Å². The van der Waals surface area contributed by atoms with Gasteiger partial charge in [-0.25, -0.2) is 5.43 Å². The number of nitrogens with one attached hydrogen (secondary N) is 3. The van der Waals surface area contributed by atoms with Crippen molar-refractivity contribution in [3.63, 3.8) is 0 Å². The van der Waals surface area contributed by atoms with Gasteiger partial charge in [-0.1, -0.05) is 68.8 Å². The highest BCUT2D eigenvalue weighted by molar-refractivity contribution is 9.10. The number of hydrogen-bond acceptors (Lipinski definition) is 8. The molecule has 0 bridgehead atoms. The van der Waals surface area contributed by atoms with E-state index in [0.717, 1.165) is 21.1 Å². The number of amides is 3. The number of carbonyl (C=O) groups excluding carboxylic acids is 4. The Morgan fingerprint density at radius 2 is 1.76 bits per heavy atom. The van der Waals surface area contributed by atoms with Gasteiger partial charge in [-0.3, -0.25) is 29.2 Å². The second-order valence-corrected chi connectivity index (χ2v) is 20.8. The minimum Gasteiger partial charge on any atom is -0.451 e. The van der Waals surface area contributed by atoms with Crippen molar-refractivity contribution in [1.29, 1.82) is 0 Å². The molecule has 270 valence electrons.